The first-order valence-electron chi connectivity index (χ1n) is 1.84. The third-order valence-corrected chi connectivity index (χ3v) is 1.11. The van der Waals surface area contributed by atoms with Gasteiger partial charge in [-0.15, -0.1) is 0 Å². The first-order valence-corrected chi connectivity index (χ1v) is 3.71. The molecule has 0 heterocycles. The van der Waals surface area contributed by atoms with Crippen molar-refractivity contribution in [2.45, 2.75) is 6.92 Å². The summed E-state index contributed by atoms with van der Waals surface area (Å²) in [5.41, 5.74) is 0. The highest BCUT2D eigenvalue weighted by atomic mass is 32.2. The number of rotatable bonds is 1. The second-order valence-electron chi connectivity index (χ2n) is 1.16. The van der Waals surface area contributed by atoms with Crippen LogP contribution in [0.5, 0.6) is 0 Å². The molecule has 0 N–H and O–H groups in total. The quantitative estimate of drug-likeness (QED) is 0.443. The Kier molecular flexibility index (Phi) is 3.14. The Labute approximate surface area is 41.8 Å². The zero-order chi connectivity index (χ0) is 4.99. The highest BCUT2D eigenvalue weighted by Crippen LogP contribution is 2.00. The highest BCUT2D eigenvalue weighted by molar-refractivity contribution is 8.16. The van der Waals surface area contributed by atoms with Crippen LogP contribution >= 0.6 is 10.5 Å². The van der Waals surface area contributed by atoms with E-state index in [0.717, 1.165) is 0 Å². The fourth-order valence-corrected chi connectivity index (χ4v) is 0.697. The lowest BCUT2D eigenvalue weighted by Crippen LogP contribution is -1.46. The van der Waals surface area contributed by atoms with Gasteiger partial charge in [0.25, 0.3) is 0 Å². The fourth-order valence-electron chi connectivity index (χ4n) is 0.232. The molecule has 36 valence electrons. The van der Waals surface area contributed by atoms with Gasteiger partial charge in [-0.1, -0.05) is 11.9 Å². The van der Waals surface area contributed by atoms with Crippen molar-refractivity contribution in [3.63, 3.8) is 0 Å². The van der Waals surface area contributed by atoms with Crippen molar-refractivity contribution in [1.29, 1.82) is 0 Å². The monoisotopic (exact) mass is 102 g/mol. The van der Waals surface area contributed by atoms with Gasteiger partial charge in [-0.3, -0.25) is 0 Å². The van der Waals surface area contributed by atoms with Gasteiger partial charge in [-0.2, -0.15) is 10.5 Å². The van der Waals surface area contributed by atoms with Crippen LogP contribution in [0.2, 0.25) is 0 Å². The van der Waals surface area contributed by atoms with Gasteiger partial charge in [0.2, 0.25) is 0 Å². The van der Waals surface area contributed by atoms with Gasteiger partial charge in [-0.05, 0) is 18.6 Å². The van der Waals surface area contributed by atoms with Crippen molar-refractivity contribution in [3.8, 4) is 0 Å². The van der Waals surface area contributed by atoms with E-state index in [-0.39, 0.29) is 10.5 Å². The maximum atomic E-state index is 3.77. The lowest BCUT2D eigenvalue weighted by atomic mass is 10.8. The summed E-state index contributed by atoms with van der Waals surface area (Å²) in [7, 11) is 0.254. The molecule has 0 aromatic carbocycles. The van der Waals surface area contributed by atoms with Crippen molar-refractivity contribution in [1.82, 2.24) is 0 Å². The maximum absolute atomic E-state index is 3.77. The minimum absolute atomic E-state index is 0.254. The van der Waals surface area contributed by atoms with Crippen LogP contribution in [0, 0.1) is 0 Å². The molecule has 0 aromatic rings. The van der Waals surface area contributed by atoms with E-state index in [1.54, 1.807) is 0 Å². The van der Waals surface area contributed by atoms with Crippen molar-refractivity contribution in [2.75, 3.05) is 6.26 Å². The second kappa shape index (κ2) is 3.16. The van der Waals surface area contributed by atoms with Crippen LogP contribution in [-0.2, 0) is 0 Å². The Balaban J connectivity index is 3.30. The molecule has 0 nitrogen and oxygen atoms in total. The van der Waals surface area contributed by atoms with E-state index in [4.69, 9.17) is 0 Å². The van der Waals surface area contributed by atoms with Crippen LogP contribution in [0.4, 0.5) is 0 Å². The fraction of sp³-hybridized carbons (Fsp3) is 0.400. The lowest BCUT2D eigenvalue weighted by Gasteiger charge is -1.79. The molecule has 0 aliphatic heterocycles. The Morgan fingerprint density at radius 2 is 2.17 bits per heavy atom. The highest BCUT2D eigenvalue weighted by Gasteiger charge is 1.60. The molecule has 0 fully saturated rings. The summed E-state index contributed by atoms with van der Waals surface area (Å²) in [5.74, 6) is 3.77. The molecule has 0 aliphatic carbocycles. The molecule has 6 heavy (non-hydrogen) atoms. The van der Waals surface area contributed by atoms with E-state index in [1.165, 1.54) is 0 Å². The van der Waals surface area contributed by atoms with Crippen molar-refractivity contribution >= 4 is 16.4 Å². The van der Waals surface area contributed by atoms with Gasteiger partial charge < -0.3 is 0 Å². The average molecular weight is 102 g/mol. The van der Waals surface area contributed by atoms with Crippen LogP contribution < -0.4 is 0 Å². The molecule has 1 unspecified atom stereocenters. The largest absolute Gasteiger partial charge is 0.173 e. The van der Waals surface area contributed by atoms with Gasteiger partial charge in [-0.25, -0.2) is 0 Å². The van der Waals surface area contributed by atoms with Crippen molar-refractivity contribution in [2.24, 2.45) is 0 Å². The van der Waals surface area contributed by atoms with E-state index in [2.05, 4.69) is 17.5 Å². The predicted molar refractivity (Wildman–Crippen MR) is 35.4 cm³/mol. The smallest absolute Gasteiger partial charge is 0.0201 e. The van der Waals surface area contributed by atoms with Gasteiger partial charge in [0.1, 0.15) is 0 Å². The Bertz CT molecular complexity index is 72.0. The molecule has 0 aromatic heterocycles. The SMILES string of the molecule is C=S(C)C=CC. The van der Waals surface area contributed by atoms with Crippen molar-refractivity contribution in [3.05, 3.63) is 11.5 Å². The molecule has 0 saturated carbocycles. The van der Waals surface area contributed by atoms with Crippen LogP contribution in [0.25, 0.3) is 0 Å². The lowest BCUT2D eigenvalue weighted by molar-refractivity contribution is 1.79. The van der Waals surface area contributed by atoms with Crippen LogP contribution in [0.1, 0.15) is 6.92 Å². The van der Waals surface area contributed by atoms with Gasteiger partial charge in [0, 0.05) is 0 Å². The molecule has 0 aliphatic rings. The minimum Gasteiger partial charge on any atom is -0.173 e. The van der Waals surface area contributed by atoms with Gasteiger partial charge >= 0.3 is 0 Å². The molecule has 0 amide bonds. The van der Waals surface area contributed by atoms with E-state index in [1.807, 2.05) is 13.0 Å². The summed E-state index contributed by atoms with van der Waals surface area (Å²) < 4.78 is 0. The number of hydrogen-bond donors (Lipinski definition) is 0. The Hall–Kier alpha value is -0.0400. The first-order chi connectivity index (χ1) is 2.77. The minimum atomic E-state index is 0.254. The molecule has 1 atom stereocenters. The molecule has 0 saturated heterocycles. The van der Waals surface area contributed by atoms with Crippen molar-refractivity contribution < 1.29 is 0 Å². The van der Waals surface area contributed by atoms with Gasteiger partial charge in [0.05, 0.1) is 0 Å². The number of hydrogen-bond acceptors (Lipinski definition) is 0. The third-order valence-electron chi connectivity index (χ3n) is 0.368. The first kappa shape index (κ1) is 5.96. The summed E-state index contributed by atoms with van der Waals surface area (Å²) in [5, 5.41) is 2.08. The molecular formula is C5H10S. The molecule has 0 spiro atoms. The van der Waals surface area contributed by atoms with E-state index in [0.29, 0.717) is 0 Å². The standard InChI is InChI=1S/C5H10S/c1-4-5-6(2)3/h4-5H,2H2,1,3H3. The summed E-state index contributed by atoms with van der Waals surface area (Å²) in [6, 6.07) is 0. The molecule has 1 heteroatoms. The van der Waals surface area contributed by atoms with E-state index in [9.17, 15) is 0 Å². The average Bonchev–Trinajstić information content (AvgIpc) is 1.35. The zero-order valence-corrected chi connectivity index (χ0v) is 5.09. The molecule has 0 radical (unpaired) electrons. The van der Waals surface area contributed by atoms with Crippen LogP contribution in [-0.4, -0.2) is 12.1 Å². The number of allylic oxidation sites excluding steroid dienone is 1. The van der Waals surface area contributed by atoms with E-state index >= 15 is 0 Å². The molecule has 0 bridgehead atoms. The third kappa shape index (κ3) is 3.96. The maximum Gasteiger partial charge on any atom is -0.0201 e. The summed E-state index contributed by atoms with van der Waals surface area (Å²) in [4.78, 5) is 0. The summed E-state index contributed by atoms with van der Waals surface area (Å²) in [6.45, 7) is 2.01. The van der Waals surface area contributed by atoms with Crippen LogP contribution in [0.15, 0.2) is 11.5 Å². The van der Waals surface area contributed by atoms with Crippen LogP contribution in [0.3, 0.4) is 0 Å². The zero-order valence-electron chi connectivity index (χ0n) is 4.27. The molecule has 0 rings (SSSR count). The molecular weight excluding hydrogens is 92.1 g/mol. The Morgan fingerprint density at radius 1 is 1.67 bits per heavy atom. The van der Waals surface area contributed by atoms with E-state index < -0.39 is 0 Å². The summed E-state index contributed by atoms with van der Waals surface area (Å²) >= 11 is 0. The Morgan fingerprint density at radius 3 is 2.17 bits per heavy atom. The summed E-state index contributed by atoms with van der Waals surface area (Å²) in [6.07, 6.45) is 4.11. The normalized spacial score (nSPS) is 15.7. The second-order valence-corrected chi connectivity index (χ2v) is 2.81. The predicted octanol–water partition coefficient (Wildman–Crippen LogP) is 1.85. The topological polar surface area (TPSA) is 0 Å². The van der Waals surface area contributed by atoms with Gasteiger partial charge in [0.15, 0.2) is 0 Å².